The van der Waals surface area contributed by atoms with Crippen LogP contribution in [0, 0.1) is 17.0 Å². The van der Waals surface area contributed by atoms with Gasteiger partial charge in [-0.3, -0.25) is 19.7 Å². The third-order valence-corrected chi connectivity index (χ3v) is 3.46. The largest absolute Gasteiger partial charge is 0.396 e. The van der Waals surface area contributed by atoms with Crippen LogP contribution in [0.5, 0.6) is 0 Å². The minimum Gasteiger partial charge on any atom is -0.396 e. The number of rotatable bonds is 4. The minimum atomic E-state index is -0.588. The average Bonchev–Trinajstić information content (AvgIpc) is 2.71. The normalized spacial score (nSPS) is 10.7. The van der Waals surface area contributed by atoms with Crippen molar-refractivity contribution in [3.63, 3.8) is 0 Å². The molecular formula is C14H15N3O5. The van der Waals surface area contributed by atoms with Crippen molar-refractivity contribution >= 4 is 11.6 Å². The maximum Gasteiger partial charge on any atom is 0.277 e. The molecule has 0 saturated heterocycles. The second-order valence-corrected chi connectivity index (χ2v) is 4.79. The Morgan fingerprint density at radius 3 is 2.68 bits per heavy atom. The van der Waals surface area contributed by atoms with Crippen LogP contribution in [-0.2, 0) is 13.5 Å². The zero-order chi connectivity index (χ0) is 16.4. The fraction of sp³-hybridized carbons (Fsp3) is 0.286. The van der Waals surface area contributed by atoms with Crippen LogP contribution in [0.25, 0.3) is 0 Å². The van der Waals surface area contributed by atoms with Crippen molar-refractivity contribution in [3.05, 3.63) is 61.6 Å². The van der Waals surface area contributed by atoms with Crippen LogP contribution in [0.3, 0.4) is 0 Å². The first-order valence-corrected chi connectivity index (χ1v) is 6.56. The third-order valence-electron chi connectivity index (χ3n) is 3.46. The van der Waals surface area contributed by atoms with Gasteiger partial charge in [-0.25, -0.2) is 9.36 Å². The van der Waals surface area contributed by atoms with Crippen molar-refractivity contribution in [3.8, 4) is 0 Å². The summed E-state index contributed by atoms with van der Waals surface area (Å²) in [6, 6.07) is 5.31. The first kappa shape index (κ1) is 15.6. The fourth-order valence-corrected chi connectivity index (χ4v) is 2.36. The van der Waals surface area contributed by atoms with Crippen LogP contribution in [0.15, 0.2) is 29.1 Å². The van der Waals surface area contributed by atoms with E-state index in [1.54, 1.807) is 6.92 Å². The monoisotopic (exact) mass is 305 g/mol. The van der Waals surface area contributed by atoms with E-state index in [0.29, 0.717) is 11.3 Å². The van der Waals surface area contributed by atoms with E-state index in [1.807, 2.05) is 0 Å². The number of hydrogen-bond donors (Lipinski definition) is 1. The molecule has 0 saturated carbocycles. The molecule has 1 aromatic heterocycles. The molecule has 0 spiro atoms. The molecule has 0 amide bonds. The van der Waals surface area contributed by atoms with E-state index in [1.165, 1.54) is 25.2 Å². The molecule has 8 heteroatoms. The summed E-state index contributed by atoms with van der Waals surface area (Å²) < 4.78 is 2.30. The van der Waals surface area contributed by atoms with Crippen LogP contribution < -0.4 is 5.56 Å². The molecule has 0 aliphatic rings. The number of carbonyl (C=O) groups is 1. The van der Waals surface area contributed by atoms with E-state index in [-0.39, 0.29) is 29.8 Å². The Bertz CT molecular complexity index is 803. The molecule has 116 valence electrons. The van der Waals surface area contributed by atoms with Gasteiger partial charge in [-0.2, -0.15) is 0 Å². The van der Waals surface area contributed by atoms with E-state index in [2.05, 4.69) is 0 Å². The van der Waals surface area contributed by atoms with E-state index in [9.17, 15) is 19.7 Å². The molecule has 22 heavy (non-hydrogen) atoms. The van der Waals surface area contributed by atoms with Crippen molar-refractivity contribution in [2.75, 3.05) is 6.61 Å². The second kappa shape index (κ2) is 5.94. The Morgan fingerprint density at radius 2 is 2.09 bits per heavy atom. The van der Waals surface area contributed by atoms with Gasteiger partial charge in [0, 0.05) is 49.0 Å². The molecule has 0 atom stereocenters. The van der Waals surface area contributed by atoms with Gasteiger partial charge in [0.05, 0.1) is 4.92 Å². The van der Waals surface area contributed by atoms with Gasteiger partial charge in [-0.05, 0) is 13.0 Å². The number of aromatic nitrogens is 2. The molecule has 8 nitrogen and oxygen atoms in total. The molecule has 0 bridgehead atoms. The molecule has 0 aliphatic carbocycles. The van der Waals surface area contributed by atoms with Gasteiger partial charge in [0.1, 0.15) is 0 Å². The Balaban J connectivity index is 2.55. The molecule has 0 aliphatic heterocycles. The van der Waals surface area contributed by atoms with Gasteiger partial charge in [0.25, 0.3) is 17.2 Å². The Hall–Kier alpha value is -2.74. The number of carbonyl (C=O) groups excluding carboxylic acids is 1. The standard InChI is InChI=1S/C14H15N3O5/c1-9-12(6-7-18)14(20)15(2)16(9)13(19)10-4-3-5-11(8-10)17(21)22/h3-5,8,18H,6-7H2,1-2H3. The summed E-state index contributed by atoms with van der Waals surface area (Å²) >= 11 is 0. The van der Waals surface area contributed by atoms with Crippen molar-refractivity contribution in [2.45, 2.75) is 13.3 Å². The maximum atomic E-state index is 12.6. The molecule has 0 radical (unpaired) electrons. The number of non-ortho nitro benzene ring substituents is 1. The molecular weight excluding hydrogens is 290 g/mol. The molecule has 2 aromatic rings. The van der Waals surface area contributed by atoms with Gasteiger partial charge in [-0.1, -0.05) is 6.07 Å². The van der Waals surface area contributed by atoms with Crippen LogP contribution >= 0.6 is 0 Å². The quantitative estimate of drug-likeness (QED) is 0.658. The highest BCUT2D eigenvalue weighted by atomic mass is 16.6. The molecule has 0 unspecified atom stereocenters. The first-order valence-electron chi connectivity index (χ1n) is 6.56. The zero-order valence-corrected chi connectivity index (χ0v) is 12.1. The summed E-state index contributed by atoms with van der Waals surface area (Å²) in [5.41, 5.74) is 0.307. The van der Waals surface area contributed by atoms with Gasteiger partial charge in [0.2, 0.25) is 0 Å². The SMILES string of the molecule is Cc1c(CCO)c(=O)n(C)n1C(=O)c1cccc([N+](=O)[O-])c1. The van der Waals surface area contributed by atoms with E-state index < -0.39 is 10.8 Å². The van der Waals surface area contributed by atoms with Gasteiger partial charge in [0.15, 0.2) is 0 Å². The fourth-order valence-electron chi connectivity index (χ4n) is 2.36. The lowest BCUT2D eigenvalue weighted by Gasteiger charge is -2.08. The summed E-state index contributed by atoms with van der Waals surface area (Å²) in [5.74, 6) is -0.537. The smallest absolute Gasteiger partial charge is 0.277 e. The van der Waals surface area contributed by atoms with Crippen molar-refractivity contribution in [1.29, 1.82) is 0 Å². The number of nitrogens with zero attached hydrogens (tertiary/aromatic N) is 3. The van der Waals surface area contributed by atoms with Crippen LogP contribution in [0.1, 0.15) is 21.6 Å². The Morgan fingerprint density at radius 1 is 1.41 bits per heavy atom. The summed E-state index contributed by atoms with van der Waals surface area (Å²) in [7, 11) is 1.44. The lowest BCUT2D eigenvalue weighted by Crippen LogP contribution is -2.26. The number of benzene rings is 1. The lowest BCUT2D eigenvalue weighted by molar-refractivity contribution is -0.384. The molecule has 1 aromatic carbocycles. The van der Waals surface area contributed by atoms with Gasteiger partial charge < -0.3 is 5.11 Å². The lowest BCUT2D eigenvalue weighted by atomic mass is 10.1. The minimum absolute atomic E-state index is 0.110. The average molecular weight is 305 g/mol. The molecule has 1 N–H and O–H groups in total. The topological polar surface area (TPSA) is 107 Å². The van der Waals surface area contributed by atoms with E-state index in [0.717, 1.165) is 15.4 Å². The predicted molar refractivity (Wildman–Crippen MR) is 78.0 cm³/mol. The molecule has 0 fully saturated rings. The maximum absolute atomic E-state index is 12.6. The Kier molecular flexibility index (Phi) is 4.22. The summed E-state index contributed by atoms with van der Waals surface area (Å²) in [6.45, 7) is 1.40. The highest BCUT2D eigenvalue weighted by molar-refractivity contribution is 5.96. The summed E-state index contributed by atoms with van der Waals surface area (Å²) in [4.78, 5) is 34.8. The van der Waals surface area contributed by atoms with Gasteiger partial charge in [-0.15, -0.1) is 0 Å². The summed E-state index contributed by atoms with van der Waals surface area (Å²) in [5, 5.41) is 19.8. The Labute approximate surface area is 125 Å². The number of hydrogen-bond acceptors (Lipinski definition) is 5. The van der Waals surface area contributed by atoms with E-state index in [4.69, 9.17) is 5.11 Å². The van der Waals surface area contributed by atoms with Crippen LogP contribution in [0.2, 0.25) is 0 Å². The number of aliphatic hydroxyl groups is 1. The highest BCUT2D eigenvalue weighted by Gasteiger charge is 2.21. The molecule has 2 rings (SSSR count). The highest BCUT2D eigenvalue weighted by Crippen LogP contribution is 2.15. The van der Waals surface area contributed by atoms with Gasteiger partial charge >= 0.3 is 0 Å². The van der Waals surface area contributed by atoms with Crippen LogP contribution in [-0.4, -0.2) is 31.9 Å². The second-order valence-electron chi connectivity index (χ2n) is 4.79. The predicted octanol–water partition coefficient (Wildman–Crippen LogP) is 0.627. The zero-order valence-electron chi connectivity index (χ0n) is 12.1. The number of aliphatic hydroxyl groups excluding tert-OH is 1. The van der Waals surface area contributed by atoms with Crippen molar-refractivity contribution in [1.82, 2.24) is 9.36 Å². The number of nitro benzene ring substituents is 1. The van der Waals surface area contributed by atoms with Crippen molar-refractivity contribution < 1.29 is 14.8 Å². The van der Waals surface area contributed by atoms with Crippen molar-refractivity contribution in [2.24, 2.45) is 7.05 Å². The van der Waals surface area contributed by atoms with E-state index >= 15 is 0 Å². The summed E-state index contributed by atoms with van der Waals surface area (Å²) in [6.07, 6.45) is 0.147. The van der Waals surface area contributed by atoms with Crippen LogP contribution in [0.4, 0.5) is 5.69 Å². The molecule has 1 heterocycles. The third kappa shape index (κ3) is 2.56. The number of nitro groups is 1. The first-order chi connectivity index (χ1) is 10.4.